The molecular formula is C29H39N3O5. The fourth-order valence-corrected chi connectivity index (χ4v) is 5.14. The van der Waals surface area contributed by atoms with Crippen LogP contribution in [0, 0.1) is 18.8 Å². The van der Waals surface area contributed by atoms with E-state index in [1.54, 1.807) is 18.5 Å². The number of aromatic nitrogens is 3. The standard InChI is InChI=1S/C29H39N3O5/c1-18(2)37-29(35)24(20(4)33)10-8-21-9-11-26-25(14-21)30-27(23-13-19(3)28(34)31(5)16-23)32(26)15-22-7-6-12-36-17-22/h9,11,13-14,16,18,20,22,24,33H,6-8,10,12,15,17H2,1-5H3/t20-,22+,24+/m1/s1. The number of nitrogens with zero attached hydrogens (tertiary/aromatic N) is 3. The van der Waals surface area contributed by atoms with Crippen molar-refractivity contribution < 1.29 is 19.4 Å². The van der Waals surface area contributed by atoms with Gasteiger partial charge in [0.15, 0.2) is 0 Å². The van der Waals surface area contributed by atoms with Crippen LogP contribution in [-0.4, -0.2) is 50.6 Å². The van der Waals surface area contributed by atoms with Gasteiger partial charge in [0, 0.05) is 43.4 Å². The van der Waals surface area contributed by atoms with Gasteiger partial charge < -0.3 is 23.7 Å². The Morgan fingerprint density at radius 3 is 2.70 bits per heavy atom. The molecule has 0 saturated carbocycles. The van der Waals surface area contributed by atoms with Crippen LogP contribution < -0.4 is 5.56 Å². The summed E-state index contributed by atoms with van der Waals surface area (Å²) in [7, 11) is 1.77. The second-order valence-electron chi connectivity index (χ2n) is 10.7. The van der Waals surface area contributed by atoms with E-state index in [-0.39, 0.29) is 17.6 Å². The predicted molar refractivity (Wildman–Crippen MR) is 143 cm³/mol. The van der Waals surface area contributed by atoms with Gasteiger partial charge in [0.1, 0.15) is 5.82 Å². The lowest BCUT2D eigenvalue weighted by Crippen LogP contribution is -2.30. The molecule has 0 unspecified atom stereocenters. The molecule has 0 aliphatic carbocycles. The van der Waals surface area contributed by atoms with Crippen molar-refractivity contribution in [3.8, 4) is 11.4 Å². The first kappa shape index (κ1) is 27.1. The third-order valence-corrected chi connectivity index (χ3v) is 7.11. The van der Waals surface area contributed by atoms with Crippen molar-refractivity contribution in [3.63, 3.8) is 0 Å². The van der Waals surface area contributed by atoms with Gasteiger partial charge in [-0.1, -0.05) is 6.07 Å². The summed E-state index contributed by atoms with van der Waals surface area (Å²) in [6.45, 7) is 9.42. The molecule has 1 aliphatic heterocycles. The summed E-state index contributed by atoms with van der Waals surface area (Å²) in [6, 6.07) is 8.13. The molecule has 3 heterocycles. The predicted octanol–water partition coefficient (Wildman–Crippen LogP) is 4.02. The van der Waals surface area contributed by atoms with Crippen LogP contribution in [-0.2, 0) is 34.3 Å². The smallest absolute Gasteiger partial charge is 0.311 e. The number of imidazole rings is 1. The molecule has 1 aliphatic rings. The maximum absolute atomic E-state index is 12.5. The molecule has 0 amide bonds. The fraction of sp³-hybridized carbons (Fsp3) is 0.552. The van der Waals surface area contributed by atoms with Gasteiger partial charge in [-0.3, -0.25) is 9.59 Å². The molecule has 8 nitrogen and oxygen atoms in total. The summed E-state index contributed by atoms with van der Waals surface area (Å²) in [6.07, 6.45) is 4.11. The Morgan fingerprint density at radius 1 is 1.27 bits per heavy atom. The molecule has 1 aromatic carbocycles. The van der Waals surface area contributed by atoms with E-state index in [2.05, 4.69) is 22.8 Å². The van der Waals surface area contributed by atoms with E-state index < -0.39 is 12.0 Å². The highest BCUT2D eigenvalue weighted by molar-refractivity contribution is 5.81. The van der Waals surface area contributed by atoms with Crippen LogP contribution in [0.3, 0.4) is 0 Å². The third-order valence-electron chi connectivity index (χ3n) is 7.11. The fourth-order valence-electron chi connectivity index (χ4n) is 5.14. The van der Waals surface area contributed by atoms with Gasteiger partial charge in [0.25, 0.3) is 5.56 Å². The average Bonchev–Trinajstić information content (AvgIpc) is 3.19. The van der Waals surface area contributed by atoms with Crippen molar-refractivity contribution in [2.24, 2.45) is 18.9 Å². The van der Waals surface area contributed by atoms with Crippen LogP contribution >= 0.6 is 0 Å². The van der Waals surface area contributed by atoms with Crippen molar-refractivity contribution in [2.75, 3.05) is 13.2 Å². The lowest BCUT2D eigenvalue weighted by atomic mass is 9.95. The molecule has 1 fully saturated rings. The Kier molecular flexibility index (Phi) is 8.49. The highest BCUT2D eigenvalue weighted by Crippen LogP contribution is 2.29. The quantitative estimate of drug-likeness (QED) is 0.438. The van der Waals surface area contributed by atoms with E-state index in [0.717, 1.165) is 60.6 Å². The second kappa shape index (κ2) is 11.6. The van der Waals surface area contributed by atoms with E-state index in [9.17, 15) is 14.7 Å². The van der Waals surface area contributed by atoms with Gasteiger partial charge in [0.05, 0.1) is 35.8 Å². The Hall–Kier alpha value is -2.97. The number of fused-ring (bicyclic) bond motifs is 1. The number of aryl methyl sites for hydroxylation is 3. The summed E-state index contributed by atoms with van der Waals surface area (Å²) >= 11 is 0. The number of aliphatic hydroxyl groups excluding tert-OH is 1. The lowest BCUT2D eigenvalue weighted by Gasteiger charge is -2.23. The zero-order valence-corrected chi connectivity index (χ0v) is 22.6. The van der Waals surface area contributed by atoms with Crippen molar-refractivity contribution >= 4 is 17.0 Å². The number of rotatable bonds is 9. The number of aliphatic hydroxyl groups is 1. The van der Waals surface area contributed by atoms with Gasteiger partial charge in [0.2, 0.25) is 0 Å². The first-order valence-electron chi connectivity index (χ1n) is 13.3. The highest BCUT2D eigenvalue weighted by Gasteiger charge is 2.26. The summed E-state index contributed by atoms with van der Waals surface area (Å²) in [4.78, 5) is 29.8. The number of hydrogen-bond donors (Lipinski definition) is 1. The van der Waals surface area contributed by atoms with Crippen molar-refractivity contribution in [3.05, 3.63) is 51.9 Å². The topological polar surface area (TPSA) is 95.6 Å². The molecule has 3 atom stereocenters. The van der Waals surface area contributed by atoms with Crippen LogP contribution in [0.5, 0.6) is 0 Å². The first-order valence-corrected chi connectivity index (χ1v) is 13.3. The molecule has 2 aromatic heterocycles. The molecule has 4 rings (SSSR count). The van der Waals surface area contributed by atoms with Crippen molar-refractivity contribution in [2.45, 2.75) is 72.1 Å². The normalized spacial score (nSPS) is 17.8. The lowest BCUT2D eigenvalue weighted by molar-refractivity contribution is -0.156. The molecule has 0 bridgehead atoms. The third kappa shape index (κ3) is 6.30. The average molecular weight is 510 g/mol. The molecule has 3 aromatic rings. The number of pyridine rings is 1. The minimum atomic E-state index is -0.786. The number of ether oxygens (including phenoxy) is 2. The van der Waals surface area contributed by atoms with Crippen molar-refractivity contribution in [1.82, 2.24) is 14.1 Å². The molecule has 1 saturated heterocycles. The Labute approximate surface area is 218 Å². The first-order chi connectivity index (χ1) is 17.6. The van der Waals surface area contributed by atoms with Gasteiger partial charge in [-0.15, -0.1) is 0 Å². The van der Waals surface area contributed by atoms with E-state index in [0.29, 0.717) is 24.3 Å². The number of carbonyl (C=O) groups is 1. The number of esters is 1. The summed E-state index contributed by atoms with van der Waals surface area (Å²) in [5, 5.41) is 10.2. The summed E-state index contributed by atoms with van der Waals surface area (Å²) < 4.78 is 14.9. The molecule has 1 N–H and O–H groups in total. The SMILES string of the molecule is Cc1cc(-c2nc3cc(CC[C@H](C(=O)OC(C)C)[C@@H](C)O)ccc3n2C[C@@H]2CCCOC2)cn(C)c1=O. The number of hydrogen-bond acceptors (Lipinski definition) is 6. The second-order valence-corrected chi connectivity index (χ2v) is 10.7. The van der Waals surface area contributed by atoms with Gasteiger partial charge in [-0.25, -0.2) is 4.98 Å². The van der Waals surface area contributed by atoms with Crippen LogP contribution in [0.1, 0.15) is 51.2 Å². The maximum Gasteiger partial charge on any atom is 0.311 e. The zero-order chi connectivity index (χ0) is 26.7. The number of carbonyl (C=O) groups excluding carboxylic acids is 1. The largest absolute Gasteiger partial charge is 0.463 e. The Balaban J connectivity index is 1.67. The van der Waals surface area contributed by atoms with Crippen LogP contribution in [0.15, 0.2) is 35.3 Å². The summed E-state index contributed by atoms with van der Waals surface area (Å²) in [5.41, 5.74) is 4.51. The van der Waals surface area contributed by atoms with E-state index in [4.69, 9.17) is 14.5 Å². The highest BCUT2D eigenvalue weighted by atomic mass is 16.5. The Morgan fingerprint density at radius 2 is 2.05 bits per heavy atom. The van der Waals surface area contributed by atoms with E-state index in [1.165, 1.54) is 0 Å². The molecule has 200 valence electrons. The molecule has 0 radical (unpaired) electrons. The van der Waals surface area contributed by atoms with Crippen LogP contribution in [0.4, 0.5) is 0 Å². The molecule has 0 spiro atoms. The minimum absolute atomic E-state index is 0.0157. The van der Waals surface area contributed by atoms with Crippen molar-refractivity contribution in [1.29, 1.82) is 0 Å². The molecule has 8 heteroatoms. The Bertz CT molecular complexity index is 1270. The molecule has 37 heavy (non-hydrogen) atoms. The van der Waals surface area contributed by atoms with Gasteiger partial charge in [-0.2, -0.15) is 0 Å². The van der Waals surface area contributed by atoms with Gasteiger partial charge >= 0.3 is 5.97 Å². The van der Waals surface area contributed by atoms with Gasteiger partial charge in [-0.05, 0) is 77.1 Å². The summed E-state index contributed by atoms with van der Waals surface area (Å²) in [5.74, 6) is 0.291. The monoisotopic (exact) mass is 509 g/mol. The van der Waals surface area contributed by atoms with Crippen LogP contribution in [0.25, 0.3) is 22.4 Å². The zero-order valence-electron chi connectivity index (χ0n) is 22.6. The van der Waals surface area contributed by atoms with E-state index in [1.807, 2.05) is 33.0 Å². The molecular weight excluding hydrogens is 470 g/mol. The number of benzene rings is 1. The maximum atomic E-state index is 12.5. The van der Waals surface area contributed by atoms with Crippen LogP contribution in [0.2, 0.25) is 0 Å². The van der Waals surface area contributed by atoms with E-state index >= 15 is 0 Å². The minimum Gasteiger partial charge on any atom is -0.463 e.